The fourth-order valence-corrected chi connectivity index (χ4v) is 4.79. The van der Waals surface area contributed by atoms with Gasteiger partial charge in [0, 0.05) is 13.1 Å². The summed E-state index contributed by atoms with van der Waals surface area (Å²) in [6.45, 7) is 0.0360. The molecule has 0 aliphatic carbocycles. The second-order valence-electron chi connectivity index (χ2n) is 4.95. The maximum atomic E-state index is 13.2. The molecule has 1 rings (SSSR count). The van der Waals surface area contributed by atoms with E-state index < -0.39 is 56.3 Å². The highest BCUT2D eigenvalue weighted by molar-refractivity contribution is 8.71. The van der Waals surface area contributed by atoms with Crippen LogP contribution >= 0.6 is 10.8 Å². The van der Waals surface area contributed by atoms with Gasteiger partial charge in [0.25, 0.3) is 9.06 Å². The van der Waals surface area contributed by atoms with Crippen molar-refractivity contribution in [2.75, 3.05) is 12.3 Å². The molecule has 1 aromatic carbocycles. The molecule has 0 saturated carbocycles. The van der Waals surface area contributed by atoms with Gasteiger partial charge in [-0.15, -0.1) is 0 Å². The van der Waals surface area contributed by atoms with Crippen molar-refractivity contribution in [3.63, 3.8) is 0 Å². The number of carbonyl (C=O) groups excluding carboxylic acids is 1. The van der Waals surface area contributed by atoms with Gasteiger partial charge in [-0.1, -0.05) is 19.1 Å². The molecular weight excluding hydrogens is 410 g/mol. The largest absolute Gasteiger partial charge is 0.417 e. The Labute approximate surface area is 149 Å². The first-order chi connectivity index (χ1) is 11.7. The van der Waals surface area contributed by atoms with Gasteiger partial charge in [-0.3, -0.25) is 4.79 Å². The third-order valence-corrected chi connectivity index (χ3v) is 6.70. The minimum atomic E-state index is -5.34. The fraction of sp³-hybridized carbons (Fsp3) is 0.462. The monoisotopic (exact) mass is 424 g/mol. The average molecular weight is 424 g/mol. The van der Waals surface area contributed by atoms with Crippen LogP contribution in [0.1, 0.15) is 23.6 Å². The van der Waals surface area contributed by atoms with Gasteiger partial charge in [0.1, 0.15) is 0 Å². The second kappa shape index (κ2) is 8.05. The lowest BCUT2D eigenvalue weighted by atomic mass is 10.00. The van der Waals surface area contributed by atoms with Crippen LogP contribution < -0.4 is 5.73 Å². The summed E-state index contributed by atoms with van der Waals surface area (Å²) in [6, 6.07) is 1.82. The standard InChI is InChI=1S/C13H14F6N2O3S2/c1-2-21(26(23,24)25-7-10(20)22)6-8-4-3-5-9(12(14,15)16)11(8)13(17,18)19/h3-5H,2,6-7H2,1H3,(H2,20,22). The lowest BCUT2D eigenvalue weighted by molar-refractivity contribution is -0.162. The SMILES string of the molecule is CCN(Cc1cccc(C(F)(F)F)c1C(F)(F)F)S(=O)(=O)SCC(N)=O. The van der Waals surface area contributed by atoms with E-state index in [2.05, 4.69) is 0 Å². The zero-order valence-electron chi connectivity index (χ0n) is 13.2. The first kappa shape index (κ1) is 22.6. The van der Waals surface area contributed by atoms with Crippen LogP contribution in [0.4, 0.5) is 26.3 Å². The van der Waals surface area contributed by atoms with E-state index in [9.17, 15) is 39.6 Å². The van der Waals surface area contributed by atoms with Gasteiger partial charge in [0.2, 0.25) is 5.91 Å². The fourth-order valence-electron chi connectivity index (χ4n) is 2.05. The van der Waals surface area contributed by atoms with Gasteiger partial charge in [-0.2, -0.15) is 30.6 Å². The van der Waals surface area contributed by atoms with Crippen molar-refractivity contribution in [2.24, 2.45) is 5.73 Å². The topological polar surface area (TPSA) is 80.5 Å². The number of hydrogen-bond donors (Lipinski definition) is 1. The number of halogens is 6. The van der Waals surface area contributed by atoms with Crippen molar-refractivity contribution < 1.29 is 39.6 Å². The van der Waals surface area contributed by atoms with E-state index in [-0.39, 0.29) is 23.4 Å². The van der Waals surface area contributed by atoms with E-state index in [0.29, 0.717) is 4.31 Å². The van der Waals surface area contributed by atoms with Crippen LogP contribution in [-0.2, 0) is 32.7 Å². The Morgan fingerprint density at radius 1 is 1.15 bits per heavy atom. The first-order valence-electron chi connectivity index (χ1n) is 6.89. The molecule has 148 valence electrons. The second-order valence-corrected chi connectivity index (χ2v) is 8.81. The van der Waals surface area contributed by atoms with Crippen LogP contribution in [0.5, 0.6) is 0 Å². The van der Waals surface area contributed by atoms with Crippen molar-refractivity contribution >= 4 is 25.8 Å². The summed E-state index contributed by atoms with van der Waals surface area (Å²) < 4.78 is 103. The zero-order chi connectivity index (χ0) is 20.3. The Morgan fingerprint density at radius 3 is 2.15 bits per heavy atom. The summed E-state index contributed by atoms with van der Waals surface area (Å²) in [7, 11) is -4.19. The van der Waals surface area contributed by atoms with Crippen LogP contribution in [0, 0.1) is 0 Å². The number of rotatable bonds is 7. The van der Waals surface area contributed by atoms with Crippen molar-refractivity contribution in [1.29, 1.82) is 0 Å². The van der Waals surface area contributed by atoms with Gasteiger partial charge in [-0.25, -0.2) is 8.42 Å². The Hall–Kier alpha value is -1.47. The molecule has 0 aromatic heterocycles. The minimum absolute atomic E-state index is 0.0820. The van der Waals surface area contributed by atoms with Crippen LogP contribution in [0.3, 0.4) is 0 Å². The van der Waals surface area contributed by atoms with Crippen LogP contribution in [0.25, 0.3) is 0 Å². The quantitative estimate of drug-likeness (QED) is 0.539. The molecule has 0 radical (unpaired) electrons. The molecule has 0 saturated heterocycles. The number of carbonyl (C=O) groups is 1. The van der Waals surface area contributed by atoms with Gasteiger partial charge < -0.3 is 5.73 Å². The predicted molar refractivity (Wildman–Crippen MR) is 83.1 cm³/mol. The lowest BCUT2D eigenvalue weighted by Gasteiger charge is -2.24. The van der Waals surface area contributed by atoms with Gasteiger partial charge in [-0.05, 0) is 22.4 Å². The molecule has 0 unspecified atom stereocenters. The predicted octanol–water partition coefficient (Wildman–Crippen LogP) is 3.01. The summed E-state index contributed by atoms with van der Waals surface area (Å²) in [5.74, 6) is -1.61. The van der Waals surface area contributed by atoms with Crippen molar-refractivity contribution in [3.8, 4) is 0 Å². The third-order valence-electron chi connectivity index (χ3n) is 3.11. The molecule has 0 spiro atoms. The smallest absolute Gasteiger partial charge is 0.369 e. The van der Waals surface area contributed by atoms with Crippen molar-refractivity contribution in [1.82, 2.24) is 4.31 Å². The van der Waals surface area contributed by atoms with E-state index in [1.54, 1.807) is 0 Å². The molecule has 2 N–H and O–H groups in total. The highest BCUT2D eigenvalue weighted by atomic mass is 33.1. The van der Waals surface area contributed by atoms with E-state index in [1.807, 2.05) is 0 Å². The molecule has 1 amide bonds. The van der Waals surface area contributed by atoms with Gasteiger partial charge >= 0.3 is 12.4 Å². The molecular formula is C13H14F6N2O3S2. The van der Waals surface area contributed by atoms with E-state index >= 15 is 0 Å². The number of primary amides is 1. The van der Waals surface area contributed by atoms with Crippen molar-refractivity contribution in [2.45, 2.75) is 25.8 Å². The van der Waals surface area contributed by atoms with Crippen molar-refractivity contribution in [3.05, 3.63) is 34.9 Å². The molecule has 26 heavy (non-hydrogen) atoms. The maximum absolute atomic E-state index is 13.2. The Kier molecular flexibility index (Phi) is 6.98. The van der Waals surface area contributed by atoms with E-state index in [1.165, 1.54) is 6.92 Å². The molecule has 1 aromatic rings. The average Bonchev–Trinajstić information content (AvgIpc) is 2.48. The zero-order valence-corrected chi connectivity index (χ0v) is 14.8. The van der Waals surface area contributed by atoms with E-state index in [0.717, 1.165) is 12.1 Å². The molecule has 5 nitrogen and oxygen atoms in total. The number of nitrogens with zero attached hydrogens (tertiary/aromatic N) is 1. The van der Waals surface area contributed by atoms with Gasteiger partial charge in [0.15, 0.2) is 0 Å². The first-order valence-corrected chi connectivity index (χ1v) is 9.83. The molecule has 0 heterocycles. The summed E-state index contributed by atoms with van der Waals surface area (Å²) >= 11 is 0. The third kappa shape index (κ3) is 5.77. The summed E-state index contributed by atoms with van der Waals surface area (Å²) in [5, 5.41) is 0. The Bertz CT molecular complexity index is 762. The minimum Gasteiger partial charge on any atom is -0.369 e. The number of benzene rings is 1. The summed E-state index contributed by atoms with van der Waals surface area (Å²) in [6.07, 6.45) is -10.6. The molecule has 0 bridgehead atoms. The normalized spacial score (nSPS) is 13.2. The Morgan fingerprint density at radius 2 is 1.73 bits per heavy atom. The molecule has 0 fully saturated rings. The number of hydrogen-bond acceptors (Lipinski definition) is 4. The van der Waals surface area contributed by atoms with E-state index in [4.69, 9.17) is 5.73 Å². The lowest BCUT2D eigenvalue weighted by Crippen LogP contribution is -2.31. The molecule has 0 atom stereocenters. The molecule has 0 aliphatic heterocycles. The molecule has 13 heteroatoms. The number of nitrogens with two attached hydrogens (primary N) is 1. The summed E-state index contributed by atoms with van der Waals surface area (Å²) in [4.78, 5) is 10.7. The highest BCUT2D eigenvalue weighted by Crippen LogP contribution is 2.42. The highest BCUT2D eigenvalue weighted by Gasteiger charge is 2.45. The van der Waals surface area contributed by atoms with Crippen LogP contribution in [0.15, 0.2) is 18.2 Å². The van der Waals surface area contributed by atoms with Gasteiger partial charge in [0.05, 0.1) is 16.9 Å². The molecule has 0 aliphatic rings. The number of amides is 1. The van der Waals surface area contributed by atoms with Crippen LogP contribution in [-0.4, -0.2) is 30.9 Å². The maximum Gasteiger partial charge on any atom is 0.417 e. The number of alkyl halides is 6. The Balaban J connectivity index is 3.37. The summed E-state index contributed by atoms with van der Waals surface area (Å²) in [5.41, 5.74) is 0.131. The van der Waals surface area contributed by atoms with Crippen LogP contribution in [0.2, 0.25) is 0 Å².